The van der Waals surface area contributed by atoms with Gasteiger partial charge in [0.05, 0.1) is 6.10 Å². The van der Waals surface area contributed by atoms with Crippen LogP contribution < -0.4 is 5.73 Å². The molecule has 0 bridgehead atoms. The van der Waals surface area contributed by atoms with Gasteiger partial charge in [0, 0.05) is 16.7 Å². The molecule has 0 fully saturated rings. The Morgan fingerprint density at radius 1 is 1.31 bits per heavy atom. The molecule has 0 radical (unpaired) electrons. The van der Waals surface area contributed by atoms with Crippen LogP contribution in [0.4, 0.5) is 0 Å². The lowest BCUT2D eigenvalue weighted by Gasteiger charge is -2.22. The first-order chi connectivity index (χ1) is 7.67. The summed E-state index contributed by atoms with van der Waals surface area (Å²) in [6, 6.07) is 8.60. The number of hydrogen-bond acceptors (Lipinski definition) is 2. The van der Waals surface area contributed by atoms with Crippen LogP contribution >= 0.6 is 22.6 Å². The highest BCUT2D eigenvalue weighted by Gasteiger charge is 2.16. The van der Waals surface area contributed by atoms with E-state index >= 15 is 0 Å². The average Bonchev–Trinajstić information content (AvgIpc) is 2.29. The second-order valence-electron chi connectivity index (χ2n) is 4.06. The van der Waals surface area contributed by atoms with E-state index in [1.807, 2.05) is 0 Å². The fourth-order valence-corrected chi connectivity index (χ4v) is 2.17. The van der Waals surface area contributed by atoms with Crippen LogP contribution in [0, 0.1) is 3.57 Å². The lowest BCUT2D eigenvalue weighted by molar-refractivity contribution is 0.0727. The van der Waals surface area contributed by atoms with Crippen LogP contribution in [0.5, 0.6) is 0 Å². The normalized spacial score (nSPS) is 14.8. The van der Waals surface area contributed by atoms with E-state index in [9.17, 15) is 0 Å². The Balaban J connectivity index is 2.55. The molecule has 0 saturated carbocycles. The predicted octanol–water partition coefficient (Wildman–Crippen LogP) is 2.98. The van der Waals surface area contributed by atoms with Crippen LogP contribution in [-0.2, 0) is 11.2 Å². The van der Waals surface area contributed by atoms with Gasteiger partial charge in [-0.05, 0) is 53.1 Å². The third kappa shape index (κ3) is 4.39. The number of methoxy groups -OCH3 is 1. The van der Waals surface area contributed by atoms with E-state index in [2.05, 4.69) is 53.8 Å². The molecule has 2 nitrogen and oxygen atoms in total. The minimum absolute atomic E-state index is 0.0880. The van der Waals surface area contributed by atoms with Crippen LogP contribution in [0.3, 0.4) is 0 Å². The Hall–Kier alpha value is -0.130. The topological polar surface area (TPSA) is 35.2 Å². The van der Waals surface area contributed by atoms with E-state index in [4.69, 9.17) is 10.5 Å². The van der Waals surface area contributed by atoms with E-state index in [1.54, 1.807) is 7.11 Å². The first-order valence-electron chi connectivity index (χ1n) is 5.70. The first-order valence-corrected chi connectivity index (χ1v) is 6.78. The van der Waals surface area contributed by atoms with Crippen LogP contribution in [0.1, 0.15) is 25.3 Å². The van der Waals surface area contributed by atoms with Crippen molar-refractivity contribution in [2.45, 2.75) is 38.3 Å². The second kappa shape index (κ2) is 7.25. The minimum Gasteiger partial charge on any atom is -0.380 e. The molecule has 0 aromatic heterocycles. The summed E-state index contributed by atoms with van der Waals surface area (Å²) in [5, 5.41) is 0. The van der Waals surface area contributed by atoms with Gasteiger partial charge < -0.3 is 10.5 Å². The van der Waals surface area contributed by atoms with Gasteiger partial charge in [-0.1, -0.05) is 25.5 Å². The molecule has 1 rings (SSSR count). The SMILES string of the molecule is CCCC(OC)C(N)Cc1ccc(I)cc1. The van der Waals surface area contributed by atoms with E-state index in [1.165, 1.54) is 9.13 Å². The molecule has 2 unspecified atom stereocenters. The van der Waals surface area contributed by atoms with Crippen LogP contribution in [0.25, 0.3) is 0 Å². The van der Waals surface area contributed by atoms with Crippen molar-refractivity contribution in [2.24, 2.45) is 5.73 Å². The summed E-state index contributed by atoms with van der Waals surface area (Å²) in [4.78, 5) is 0. The van der Waals surface area contributed by atoms with Gasteiger partial charge in [0.25, 0.3) is 0 Å². The molecule has 0 aliphatic carbocycles. The van der Waals surface area contributed by atoms with Crippen molar-refractivity contribution in [1.82, 2.24) is 0 Å². The Morgan fingerprint density at radius 3 is 2.44 bits per heavy atom. The summed E-state index contributed by atoms with van der Waals surface area (Å²) in [7, 11) is 1.74. The maximum Gasteiger partial charge on any atom is 0.0725 e. The van der Waals surface area contributed by atoms with Crippen molar-refractivity contribution < 1.29 is 4.74 Å². The molecule has 0 saturated heterocycles. The summed E-state index contributed by atoms with van der Waals surface area (Å²) < 4.78 is 6.68. The molecule has 2 atom stereocenters. The molecule has 1 aromatic rings. The Labute approximate surface area is 112 Å². The molecule has 16 heavy (non-hydrogen) atoms. The summed E-state index contributed by atoms with van der Waals surface area (Å²) in [6.07, 6.45) is 3.19. The van der Waals surface area contributed by atoms with Gasteiger partial charge >= 0.3 is 0 Å². The van der Waals surface area contributed by atoms with Crippen molar-refractivity contribution in [2.75, 3.05) is 7.11 Å². The van der Waals surface area contributed by atoms with Crippen molar-refractivity contribution in [3.8, 4) is 0 Å². The second-order valence-corrected chi connectivity index (χ2v) is 5.30. The smallest absolute Gasteiger partial charge is 0.0725 e. The lowest BCUT2D eigenvalue weighted by atomic mass is 9.99. The number of hydrogen-bond donors (Lipinski definition) is 1. The number of rotatable bonds is 6. The third-order valence-corrected chi connectivity index (χ3v) is 3.46. The molecule has 0 heterocycles. The van der Waals surface area contributed by atoms with Gasteiger partial charge in [-0.2, -0.15) is 0 Å². The molecule has 2 N–H and O–H groups in total. The van der Waals surface area contributed by atoms with Crippen molar-refractivity contribution in [1.29, 1.82) is 0 Å². The molecular weight excluding hydrogens is 313 g/mol. The third-order valence-electron chi connectivity index (χ3n) is 2.74. The Morgan fingerprint density at radius 2 is 1.94 bits per heavy atom. The largest absolute Gasteiger partial charge is 0.380 e. The van der Waals surface area contributed by atoms with Crippen LogP contribution in [0.15, 0.2) is 24.3 Å². The average molecular weight is 333 g/mol. The van der Waals surface area contributed by atoms with Gasteiger partial charge in [-0.15, -0.1) is 0 Å². The van der Waals surface area contributed by atoms with Gasteiger partial charge in [0.1, 0.15) is 0 Å². The molecule has 0 amide bonds. The number of halogens is 1. The van der Waals surface area contributed by atoms with E-state index in [0.29, 0.717) is 0 Å². The molecule has 0 spiro atoms. The summed E-state index contributed by atoms with van der Waals surface area (Å²) in [5.41, 5.74) is 7.44. The van der Waals surface area contributed by atoms with Gasteiger partial charge in [0.15, 0.2) is 0 Å². The maximum absolute atomic E-state index is 6.16. The fraction of sp³-hybridized carbons (Fsp3) is 0.538. The number of nitrogens with two attached hydrogens (primary N) is 1. The Bertz CT molecular complexity index is 299. The van der Waals surface area contributed by atoms with E-state index in [0.717, 1.165) is 19.3 Å². The number of ether oxygens (including phenoxy) is 1. The minimum atomic E-state index is 0.0880. The van der Waals surface area contributed by atoms with Gasteiger partial charge in [0.2, 0.25) is 0 Å². The summed E-state index contributed by atoms with van der Waals surface area (Å²) in [6.45, 7) is 2.16. The zero-order valence-electron chi connectivity index (χ0n) is 9.95. The summed E-state index contributed by atoms with van der Waals surface area (Å²) >= 11 is 2.31. The lowest BCUT2D eigenvalue weighted by Crippen LogP contribution is -2.37. The van der Waals surface area contributed by atoms with Crippen molar-refractivity contribution >= 4 is 22.6 Å². The standard InChI is InChI=1S/C13H20INO/c1-3-4-13(16-2)12(15)9-10-5-7-11(14)8-6-10/h5-8,12-13H,3-4,9,15H2,1-2H3. The Kier molecular flexibility index (Phi) is 6.31. The molecular formula is C13H20INO. The maximum atomic E-state index is 6.16. The molecule has 90 valence electrons. The molecule has 0 aliphatic heterocycles. The van der Waals surface area contributed by atoms with Crippen molar-refractivity contribution in [3.05, 3.63) is 33.4 Å². The highest BCUT2D eigenvalue weighted by atomic mass is 127. The zero-order valence-corrected chi connectivity index (χ0v) is 12.1. The first kappa shape index (κ1) is 13.9. The summed E-state index contributed by atoms with van der Waals surface area (Å²) in [5.74, 6) is 0. The van der Waals surface area contributed by atoms with Crippen molar-refractivity contribution in [3.63, 3.8) is 0 Å². The van der Waals surface area contributed by atoms with Crippen LogP contribution in [-0.4, -0.2) is 19.3 Å². The molecule has 0 aliphatic rings. The highest BCUT2D eigenvalue weighted by Crippen LogP contribution is 2.12. The van der Waals surface area contributed by atoms with Gasteiger partial charge in [-0.3, -0.25) is 0 Å². The quantitative estimate of drug-likeness (QED) is 0.813. The highest BCUT2D eigenvalue weighted by molar-refractivity contribution is 14.1. The predicted molar refractivity (Wildman–Crippen MR) is 76.5 cm³/mol. The fourth-order valence-electron chi connectivity index (χ4n) is 1.82. The van der Waals surface area contributed by atoms with Gasteiger partial charge in [-0.25, -0.2) is 0 Å². The zero-order chi connectivity index (χ0) is 12.0. The van der Waals surface area contributed by atoms with Crippen LogP contribution in [0.2, 0.25) is 0 Å². The van der Waals surface area contributed by atoms with E-state index < -0.39 is 0 Å². The number of benzene rings is 1. The monoisotopic (exact) mass is 333 g/mol. The molecule has 1 aromatic carbocycles. The molecule has 3 heteroatoms. The van der Waals surface area contributed by atoms with E-state index in [-0.39, 0.29) is 12.1 Å².